The Hall–Kier alpha value is -0.290. The lowest BCUT2D eigenvalue weighted by atomic mass is 10.1. The van der Waals surface area contributed by atoms with Gasteiger partial charge in [-0.3, -0.25) is 4.90 Å². The second kappa shape index (κ2) is 4.49. The normalized spacial score (nSPS) is 20.1. The maximum absolute atomic E-state index is 12.2. The van der Waals surface area contributed by atoms with Gasteiger partial charge in [0.2, 0.25) is 0 Å². The molecule has 0 spiro atoms. The van der Waals surface area contributed by atoms with Crippen molar-refractivity contribution >= 4 is 0 Å². The molecule has 0 aromatic carbocycles. The summed E-state index contributed by atoms with van der Waals surface area (Å²) in [4.78, 5) is 1.44. The summed E-state index contributed by atoms with van der Waals surface area (Å²) in [7, 11) is 0. The van der Waals surface area contributed by atoms with Gasteiger partial charge in [0.05, 0.1) is 6.54 Å². The van der Waals surface area contributed by atoms with Crippen molar-refractivity contribution in [2.75, 3.05) is 19.6 Å². The Labute approximate surface area is 82.2 Å². The van der Waals surface area contributed by atoms with E-state index in [1.54, 1.807) is 6.92 Å². The Bertz CT molecular complexity index is 177. The lowest BCUT2D eigenvalue weighted by Gasteiger charge is -2.30. The van der Waals surface area contributed by atoms with E-state index in [0.29, 0.717) is 19.0 Å². The van der Waals surface area contributed by atoms with Gasteiger partial charge in [0.15, 0.2) is 0 Å². The van der Waals surface area contributed by atoms with Crippen LogP contribution in [0.3, 0.4) is 0 Å². The minimum atomic E-state index is -4.11. The summed E-state index contributed by atoms with van der Waals surface area (Å²) < 4.78 is 36.6. The molecule has 1 unspecified atom stereocenters. The van der Waals surface area contributed by atoms with E-state index in [2.05, 4.69) is 0 Å². The van der Waals surface area contributed by atoms with Crippen LogP contribution in [0.4, 0.5) is 13.2 Å². The maximum Gasteiger partial charge on any atom is 0.401 e. The van der Waals surface area contributed by atoms with Gasteiger partial charge in [-0.2, -0.15) is 13.2 Å². The zero-order chi connectivity index (χ0) is 10.8. The van der Waals surface area contributed by atoms with E-state index < -0.39 is 12.7 Å². The number of nitrogens with two attached hydrogens (primary N) is 1. The zero-order valence-corrected chi connectivity index (χ0v) is 8.35. The Balaban J connectivity index is 2.50. The van der Waals surface area contributed by atoms with E-state index in [1.165, 1.54) is 4.90 Å². The molecule has 0 amide bonds. The third-order valence-electron chi connectivity index (χ3n) is 2.67. The van der Waals surface area contributed by atoms with Gasteiger partial charge in [0.1, 0.15) is 0 Å². The predicted octanol–water partition coefficient (Wildman–Crippen LogP) is 1.61. The average Bonchev–Trinajstić information content (AvgIpc) is 2.85. The predicted molar refractivity (Wildman–Crippen MR) is 48.9 cm³/mol. The molecular weight excluding hydrogens is 193 g/mol. The molecule has 0 heterocycles. The van der Waals surface area contributed by atoms with E-state index in [9.17, 15) is 13.2 Å². The van der Waals surface area contributed by atoms with Gasteiger partial charge in [0.25, 0.3) is 0 Å². The summed E-state index contributed by atoms with van der Waals surface area (Å²) in [6.45, 7) is 1.66. The second-order valence-electron chi connectivity index (χ2n) is 3.82. The van der Waals surface area contributed by atoms with Crippen LogP contribution in [0.5, 0.6) is 0 Å². The Kier molecular flexibility index (Phi) is 3.78. The van der Waals surface area contributed by atoms with E-state index in [0.717, 1.165) is 12.8 Å². The van der Waals surface area contributed by atoms with Crippen molar-refractivity contribution < 1.29 is 13.2 Å². The Morgan fingerprint density at radius 1 is 1.43 bits per heavy atom. The highest BCUT2D eigenvalue weighted by Crippen LogP contribution is 2.35. The van der Waals surface area contributed by atoms with Gasteiger partial charge in [-0.05, 0) is 25.3 Å². The zero-order valence-electron chi connectivity index (χ0n) is 8.35. The van der Waals surface area contributed by atoms with Crippen molar-refractivity contribution in [3.63, 3.8) is 0 Å². The van der Waals surface area contributed by atoms with Crippen molar-refractivity contribution in [2.45, 2.75) is 32.0 Å². The number of alkyl halides is 3. The van der Waals surface area contributed by atoms with Gasteiger partial charge in [-0.25, -0.2) is 0 Å². The smallest absolute Gasteiger partial charge is 0.329 e. The van der Waals surface area contributed by atoms with Crippen LogP contribution in [-0.2, 0) is 0 Å². The number of nitrogens with zero attached hydrogens (tertiary/aromatic N) is 1. The second-order valence-corrected chi connectivity index (χ2v) is 3.82. The van der Waals surface area contributed by atoms with Crippen molar-refractivity contribution in [3.8, 4) is 0 Å². The first-order valence-corrected chi connectivity index (χ1v) is 4.98. The fourth-order valence-electron chi connectivity index (χ4n) is 1.81. The molecule has 2 N–H and O–H groups in total. The standard InChI is InChI=1S/C9H17F3N2/c1-2-14(6-9(10,11)12)8(5-13)7-3-4-7/h7-8H,2-6,13H2,1H3. The fraction of sp³-hybridized carbons (Fsp3) is 1.00. The topological polar surface area (TPSA) is 29.3 Å². The molecule has 5 heteroatoms. The van der Waals surface area contributed by atoms with Gasteiger partial charge in [0, 0.05) is 12.6 Å². The molecule has 1 atom stereocenters. The van der Waals surface area contributed by atoms with Crippen LogP contribution in [-0.4, -0.2) is 36.8 Å². The van der Waals surface area contributed by atoms with Crippen LogP contribution in [0.2, 0.25) is 0 Å². The van der Waals surface area contributed by atoms with Gasteiger partial charge < -0.3 is 5.73 Å². The highest BCUT2D eigenvalue weighted by molar-refractivity contribution is 4.89. The van der Waals surface area contributed by atoms with Crippen LogP contribution >= 0.6 is 0 Å². The molecule has 0 saturated heterocycles. The van der Waals surface area contributed by atoms with Crippen LogP contribution in [0, 0.1) is 5.92 Å². The number of hydrogen-bond donors (Lipinski definition) is 1. The van der Waals surface area contributed by atoms with E-state index in [1.807, 2.05) is 0 Å². The number of halogens is 3. The third kappa shape index (κ3) is 3.46. The summed E-state index contributed by atoms with van der Waals surface area (Å²) >= 11 is 0. The highest BCUT2D eigenvalue weighted by atomic mass is 19.4. The first kappa shape index (κ1) is 11.8. The van der Waals surface area contributed by atoms with Crippen LogP contribution in [0.25, 0.3) is 0 Å². The molecule has 0 aromatic heterocycles. The van der Waals surface area contributed by atoms with Crippen LogP contribution in [0.15, 0.2) is 0 Å². The number of rotatable bonds is 5. The molecule has 2 nitrogen and oxygen atoms in total. The lowest BCUT2D eigenvalue weighted by Crippen LogP contribution is -2.46. The quantitative estimate of drug-likeness (QED) is 0.747. The molecule has 1 aliphatic carbocycles. The highest BCUT2D eigenvalue weighted by Gasteiger charge is 2.38. The molecular formula is C9H17F3N2. The van der Waals surface area contributed by atoms with Gasteiger partial charge >= 0.3 is 6.18 Å². The van der Waals surface area contributed by atoms with E-state index >= 15 is 0 Å². The van der Waals surface area contributed by atoms with Crippen molar-refractivity contribution in [1.82, 2.24) is 4.90 Å². The summed E-state index contributed by atoms with van der Waals surface area (Å²) in [5, 5.41) is 0. The Morgan fingerprint density at radius 2 is 2.00 bits per heavy atom. The Morgan fingerprint density at radius 3 is 2.29 bits per heavy atom. The molecule has 14 heavy (non-hydrogen) atoms. The SMILES string of the molecule is CCN(CC(F)(F)F)C(CN)C1CC1. The largest absolute Gasteiger partial charge is 0.401 e. The number of likely N-dealkylation sites (N-methyl/N-ethyl adjacent to an activating group) is 1. The van der Waals surface area contributed by atoms with E-state index in [-0.39, 0.29) is 6.04 Å². The molecule has 0 bridgehead atoms. The summed E-state index contributed by atoms with van der Waals surface area (Å²) in [5.41, 5.74) is 5.50. The van der Waals surface area contributed by atoms with Crippen molar-refractivity contribution in [2.24, 2.45) is 11.7 Å². The van der Waals surface area contributed by atoms with Crippen LogP contribution < -0.4 is 5.73 Å². The summed E-state index contributed by atoms with van der Waals surface area (Å²) in [5.74, 6) is 0.391. The van der Waals surface area contributed by atoms with Crippen molar-refractivity contribution in [3.05, 3.63) is 0 Å². The van der Waals surface area contributed by atoms with Gasteiger partial charge in [-0.1, -0.05) is 6.92 Å². The molecule has 1 fully saturated rings. The molecule has 1 saturated carbocycles. The molecule has 0 aromatic rings. The minimum Gasteiger partial charge on any atom is -0.329 e. The minimum absolute atomic E-state index is 0.0818. The monoisotopic (exact) mass is 210 g/mol. The molecule has 1 aliphatic rings. The summed E-state index contributed by atoms with van der Waals surface area (Å²) in [6, 6.07) is -0.0818. The third-order valence-corrected chi connectivity index (χ3v) is 2.67. The number of hydrogen-bond acceptors (Lipinski definition) is 2. The molecule has 0 radical (unpaired) electrons. The fourth-order valence-corrected chi connectivity index (χ4v) is 1.81. The van der Waals surface area contributed by atoms with E-state index in [4.69, 9.17) is 5.73 Å². The lowest BCUT2D eigenvalue weighted by molar-refractivity contribution is -0.150. The summed E-state index contributed by atoms with van der Waals surface area (Å²) in [6.07, 6.45) is -2.06. The first-order valence-electron chi connectivity index (χ1n) is 4.98. The molecule has 84 valence electrons. The van der Waals surface area contributed by atoms with Crippen LogP contribution in [0.1, 0.15) is 19.8 Å². The van der Waals surface area contributed by atoms with Gasteiger partial charge in [-0.15, -0.1) is 0 Å². The molecule has 0 aliphatic heterocycles. The molecule has 1 rings (SSSR count). The average molecular weight is 210 g/mol. The van der Waals surface area contributed by atoms with Crippen molar-refractivity contribution in [1.29, 1.82) is 0 Å². The maximum atomic E-state index is 12.2. The first-order chi connectivity index (χ1) is 6.48.